The van der Waals surface area contributed by atoms with E-state index in [0.29, 0.717) is 139 Å². The molecule has 2 N–H and O–H groups in total. The maximum absolute atomic E-state index is 11.4. The van der Waals surface area contributed by atoms with Crippen molar-refractivity contribution in [2.75, 3.05) is 165 Å². The van der Waals surface area contributed by atoms with Gasteiger partial charge in [-0.15, -0.1) is 0 Å². The van der Waals surface area contributed by atoms with Crippen LogP contribution in [0.5, 0.6) is 0 Å². The molecule has 0 saturated carbocycles. The summed E-state index contributed by atoms with van der Waals surface area (Å²) in [5.41, 5.74) is 4.54. The van der Waals surface area contributed by atoms with Crippen molar-refractivity contribution in [1.29, 1.82) is 0 Å². The summed E-state index contributed by atoms with van der Waals surface area (Å²) < 4.78 is 74.2. The predicted octanol–water partition coefficient (Wildman–Crippen LogP) is 0.623. The van der Waals surface area contributed by atoms with E-state index in [2.05, 4.69) is 0 Å². The summed E-state index contributed by atoms with van der Waals surface area (Å²) in [5, 5.41) is 0. The van der Waals surface area contributed by atoms with Crippen LogP contribution in [0.4, 0.5) is 4.79 Å². The van der Waals surface area contributed by atoms with Crippen LogP contribution in [0.1, 0.15) is 20.8 Å². The van der Waals surface area contributed by atoms with E-state index in [0.717, 1.165) is 0 Å². The highest BCUT2D eigenvalue weighted by molar-refractivity contribution is 5.71. The van der Waals surface area contributed by atoms with Crippen LogP contribution in [0.3, 0.4) is 0 Å². The number of rotatable bonds is 37. The fraction of sp³-hybridized carbons (Fsp3) is 0.935. The summed E-state index contributed by atoms with van der Waals surface area (Å²) in [6.07, 6.45) is -0.707. The van der Waals surface area contributed by atoms with Gasteiger partial charge in [0.25, 0.3) is 0 Å². The molecule has 0 heterocycles. The number of hydrogen-bond donors (Lipinski definition) is 1. The van der Waals surface area contributed by atoms with E-state index in [1.165, 1.54) is 0 Å². The maximum Gasteiger partial charge on any atom is 0.508 e. The number of nitrogens with two attached hydrogens (primary N) is 1. The Labute approximate surface area is 285 Å². The predicted molar refractivity (Wildman–Crippen MR) is 171 cm³/mol. The van der Waals surface area contributed by atoms with Crippen LogP contribution in [-0.2, 0) is 71.1 Å². The maximum atomic E-state index is 11.4. The summed E-state index contributed by atoms with van der Waals surface area (Å²) in [4.78, 5) is 22.2. The molecule has 286 valence electrons. The molecule has 0 aliphatic heterocycles. The van der Waals surface area contributed by atoms with Gasteiger partial charge >= 0.3 is 12.1 Å². The third-order valence-corrected chi connectivity index (χ3v) is 5.21. The van der Waals surface area contributed by atoms with Crippen molar-refractivity contribution in [1.82, 2.24) is 0 Å². The molecule has 0 fully saturated rings. The molecule has 0 bridgehead atoms. The molecule has 0 spiro atoms. The quantitative estimate of drug-likeness (QED) is 0.0700. The van der Waals surface area contributed by atoms with Gasteiger partial charge in [-0.3, -0.25) is 4.79 Å². The molecule has 0 aromatic carbocycles. The fourth-order valence-corrected chi connectivity index (χ4v) is 3.04. The van der Waals surface area contributed by atoms with Gasteiger partial charge in [0.05, 0.1) is 152 Å². The summed E-state index contributed by atoms with van der Waals surface area (Å²) in [5.74, 6) is -0.450. The molecular formula is C31H61NO16. The Bertz CT molecular complexity index is 698. The molecule has 0 aromatic heterocycles. The Morgan fingerprint density at radius 1 is 0.375 bits per heavy atom. The molecule has 0 atom stereocenters. The van der Waals surface area contributed by atoms with E-state index in [4.69, 9.17) is 72.0 Å². The molecule has 17 heteroatoms. The number of hydrogen-bond acceptors (Lipinski definition) is 17. The van der Waals surface area contributed by atoms with Gasteiger partial charge in [0.15, 0.2) is 0 Å². The van der Waals surface area contributed by atoms with Crippen molar-refractivity contribution in [2.45, 2.75) is 26.4 Å². The van der Waals surface area contributed by atoms with Crippen LogP contribution in [0.15, 0.2) is 0 Å². The lowest BCUT2D eigenvalue weighted by Crippen LogP contribution is -2.25. The standard InChI is InChI=1S/C31H61NO16/c1-31(2,3)48-30(34)47-27-25-45-23-21-43-19-17-41-15-13-39-11-9-37-7-5-35-4-6-36-8-10-38-12-14-40-16-18-42-20-22-44-24-26-46-29(33)28-32/h4-28,32H2,1-3H3. The van der Waals surface area contributed by atoms with Gasteiger partial charge in [-0.2, -0.15) is 0 Å². The molecule has 0 aliphatic rings. The second-order valence-electron chi connectivity index (χ2n) is 10.5. The molecule has 0 amide bonds. The molecule has 17 nitrogen and oxygen atoms in total. The number of ether oxygens (including phenoxy) is 14. The van der Waals surface area contributed by atoms with Crippen LogP contribution in [0.25, 0.3) is 0 Å². The highest BCUT2D eigenvalue weighted by atomic mass is 16.7. The molecule has 0 saturated heterocycles. The van der Waals surface area contributed by atoms with E-state index >= 15 is 0 Å². The monoisotopic (exact) mass is 703 g/mol. The summed E-state index contributed by atoms with van der Waals surface area (Å²) in [6.45, 7) is 15.3. The summed E-state index contributed by atoms with van der Waals surface area (Å²) in [6, 6.07) is 0. The third kappa shape index (κ3) is 40.4. The second-order valence-corrected chi connectivity index (χ2v) is 10.5. The van der Waals surface area contributed by atoms with Crippen molar-refractivity contribution in [3.8, 4) is 0 Å². The summed E-state index contributed by atoms with van der Waals surface area (Å²) in [7, 11) is 0. The fourth-order valence-electron chi connectivity index (χ4n) is 3.04. The minimum atomic E-state index is -0.707. The van der Waals surface area contributed by atoms with Gasteiger partial charge in [0, 0.05) is 0 Å². The molecule has 0 aliphatic carbocycles. The smallest absolute Gasteiger partial charge is 0.462 e. The van der Waals surface area contributed by atoms with Crippen molar-refractivity contribution < 1.29 is 75.9 Å². The molecule has 0 unspecified atom stereocenters. The average molecular weight is 704 g/mol. The van der Waals surface area contributed by atoms with Gasteiger partial charge in [-0.25, -0.2) is 4.79 Å². The molecular weight excluding hydrogens is 642 g/mol. The minimum absolute atomic E-state index is 0.128. The Kier molecular flexibility index (Phi) is 35.2. The SMILES string of the molecule is CC(C)(C)OC(=O)OCCOCCOCCOCCOCCOCCOCCOCCOCCOCCOCCOCCOC(=O)CN. The Hall–Kier alpha value is -1.74. The Morgan fingerprint density at radius 3 is 0.792 bits per heavy atom. The van der Waals surface area contributed by atoms with Crippen LogP contribution in [-0.4, -0.2) is 183 Å². The number of esters is 1. The zero-order chi connectivity index (χ0) is 35.2. The van der Waals surface area contributed by atoms with E-state index in [-0.39, 0.29) is 26.4 Å². The van der Waals surface area contributed by atoms with Crippen LogP contribution in [0.2, 0.25) is 0 Å². The van der Waals surface area contributed by atoms with Crippen LogP contribution < -0.4 is 5.73 Å². The highest BCUT2D eigenvalue weighted by Crippen LogP contribution is 2.07. The molecule has 48 heavy (non-hydrogen) atoms. The average Bonchev–Trinajstić information content (AvgIpc) is 3.05. The lowest BCUT2D eigenvalue weighted by Gasteiger charge is -2.18. The van der Waals surface area contributed by atoms with Crippen LogP contribution >= 0.6 is 0 Å². The Morgan fingerprint density at radius 2 is 0.583 bits per heavy atom. The highest BCUT2D eigenvalue weighted by Gasteiger charge is 2.17. The van der Waals surface area contributed by atoms with Gasteiger partial charge in [0.2, 0.25) is 0 Å². The first-order valence-corrected chi connectivity index (χ1v) is 16.4. The first-order chi connectivity index (χ1) is 23.3. The minimum Gasteiger partial charge on any atom is -0.462 e. The largest absolute Gasteiger partial charge is 0.508 e. The first kappa shape index (κ1) is 46.3. The normalized spacial score (nSPS) is 11.6. The van der Waals surface area contributed by atoms with E-state index < -0.39 is 17.7 Å². The lowest BCUT2D eigenvalue weighted by molar-refractivity contribution is -0.143. The van der Waals surface area contributed by atoms with Crippen molar-refractivity contribution in [3.05, 3.63) is 0 Å². The zero-order valence-corrected chi connectivity index (χ0v) is 29.3. The topological polar surface area (TPSA) is 189 Å². The molecule has 0 aromatic rings. The zero-order valence-electron chi connectivity index (χ0n) is 29.3. The molecule has 0 rings (SSSR count). The van der Waals surface area contributed by atoms with Crippen molar-refractivity contribution in [3.63, 3.8) is 0 Å². The Balaban J connectivity index is 3.10. The second kappa shape index (κ2) is 36.5. The van der Waals surface area contributed by atoms with E-state index in [9.17, 15) is 9.59 Å². The summed E-state index contributed by atoms with van der Waals surface area (Å²) >= 11 is 0. The van der Waals surface area contributed by atoms with E-state index in [1.807, 2.05) is 0 Å². The van der Waals surface area contributed by atoms with Crippen molar-refractivity contribution in [2.24, 2.45) is 5.73 Å². The number of carbonyl (C=O) groups excluding carboxylic acids is 2. The van der Waals surface area contributed by atoms with Gasteiger partial charge in [-0.1, -0.05) is 0 Å². The van der Waals surface area contributed by atoms with E-state index in [1.54, 1.807) is 20.8 Å². The van der Waals surface area contributed by atoms with Gasteiger partial charge < -0.3 is 72.0 Å². The number of carbonyl (C=O) groups is 2. The van der Waals surface area contributed by atoms with Gasteiger partial charge in [-0.05, 0) is 20.8 Å². The van der Waals surface area contributed by atoms with Gasteiger partial charge in [0.1, 0.15) is 18.8 Å². The third-order valence-electron chi connectivity index (χ3n) is 5.21. The molecule has 0 radical (unpaired) electrons. The lowest BCUT2D eigenvalue weighted by atomic mass is 10.2. The first-order valence-electron chi connectivity index (χ1n) is 16.4. The van der Waals surface area contributed by atoms with Crippen molar-refractivity contribution >= 4 is 12.1 Å². The van der Waals surface area contributed by atoms with Crippen LogP contribution in [0, 0.1) is 0 Å².